The number of hydrogen-bond donors (Lipinski definition) is 0. The fraction of sp³-hybridized carbons (Fsp3) is 0. The highest BCUT2D eigenvalue weighted by atomic mass is 16.1. The van der Waals surface area contributed by atoms with Gasteiger partial charge in [0.1, 0.15) is 0 Å². The van der Waals surface area contributed by atoms with E-state index < -0.39 is 0 Å². The zero-order valence-electron chi connectivity index (χ0n) is 16.5. The summed E-state index contributed by atoms with van der Waals surface area (Å²) in [5, 5.41) is 0. The third-order valence-corrected chi connectivity index (χ3v) is 5.40. The molecule has 0 aliphatic heterocycles. The third kappa shape index (κ3) is 3.54. The molecule has 5 rings (SSSR count). The van der Waals surface area contributed by atoms with E-state index in [0.717, 1.165) is 44.5 Å². The molecule has 0 radical (unpaired) electrons. The van der Waals surface area contributed by atoms with Gasteiger partial charge in [0.05, 0.1) is 0 Å². The molecule has 0 aromatic heterocycles. The van der Waals surface area contributed by atoms with Crippen LogP contribution in [0.4, 0.5) is 0 Å². The third-order valence-electron chi connectivity index (χ3n) is 5.40. The van der Waals surface area contributed by atoms with Crippen LogP contribution < -0.4 is 0 Å². The Kier molecular flexibility index (Phi) is 4.71. The minimum absolute atomic E-state index is 0.102. The summed E-state index contributed by atoms with van der Waals surface area (Å²) in [4.78, 5) is 13.1. The summed E-state index contributed by atoms with van der Waals surface area (Å²) in [7, 11) is 0. The lowest BCUT2D eigenvalue weighted by atomic mass is 10.0. The fourth-order valence-electron chi connectivity index (χ4n) is 3.83. The van der Waals surface area contributed by atoms with E-state index in [-0.39, 0.29) is 5.78 Å². The molecule has 1 nitrogen and oxygen atoms in total. The Bertz CT molecular complexity index is 1180. The molecule has 0 heterocycles. The molecule has 0 unspecified atom stereocenters. The second kappa shape index (κ2) is 7.81. The number of benzene rings is 4. The molecule has 0 atom stereocenters. The van der Waals surface area contributed by atoms with E-state index in [1.807, 2.05) is 48.5 Å². The van der Waals surface area contributed by atoms with E-state index in [1.165, 1.54) is 0 Å². The van der Waals surface area contributed by atoms with Gasteiger partial charge in [-0.25, -0.2) is 0 Å². The Hall–Kier alpha value is -3.97. The molecule has 30 heavy (non-hydrogen) atoms. The van der Waals surface area contributed by atoms with Crippen molar-refractivity contribution in [3.05, 3.63) is 130 Å². The Morgan fingerprint density at radius 2 is 0.800 bits per heavy atom. The van der Waals surface area contributed by atoms with E-state index in [4.69, 9.17) is 0 Å². The number of hydrogen-bond acceptors (Lipinski definition) is 1. The quantitative estimate of drug-likeness (QED) is 0.299. The maximum absolute atomic E-state index is 13.1. The van der Waals surface area contributed by atoms with E-state index in [2.05, 4.69) is 72.8 Å². The van der Waals surface area contributed by atoms with Crippen molar-refractivity contribution < 1.29 is 4.79 Å². The molecule has 4 aromatic carbocycles. The van der Waals surface area contributed by atoms with E-state index >= 15 is 0 Å². The maximum Gasteiger partial charge on any atom is 0.194 e. The smallest absolute Gasteiger partial charge is 0.194 e. The second-order valence-electron chi connectivity index (χ2n) is 7.43. The van der Waals surface area contributed by atoms with Crippen LogP contribution in [0.15, 0.2) is 97.1 Å². The average Bonchev–Trinajstić information content (AvgIpc) is 3.09. The van der Waals surface area contributed by atoms with Crippen LogP contribution in [-0.2, 0) is 0 Å². The molecule has 4 aromatic rings. The van der Waals surface area contributed by atoms with Gasteiger partial charge in [-0.15, -0.1) is 0 Å². The van der Waals surface area contributed by atoms with Crippen molar-refractivity contribution in [1.29, 1.82) is 0 Å². The number of carbonyl (C=O) groups excluding carboxylic acids is 1. The van der Waals surface area contributed by atoms with Gasteiger partial charge in [-0.1, -0.05) is 109 Å². The first kappa shape index (κ1) is 18.1. The standard InChI is InChI=1S/C29H20O/c30-29-27-19-23(13-11-21-7-3-1-4-8-21)15-17-25(27)26-18-16-24(20-28(26)29)14-12-22-9-5-2-6-10-22/h1-20H/b13-11+,14-12+. The molecule has 0 spiro atoms. The highest BCUT2D eigenvalue weighted by Crippen LogP contribution is 2.38. The van der Waals surface area contributed by atoms with Crippen molar-refractivity contribution in [2.45, 2.75) is 0 Å². The highest BCUT2D eigenvalue weighted by Gasteiger charge is 2.26. The second-order valence-corrected chi connectivity index (χ2v) is 7.43. The van der Waals surface area contributed by atoms with Crippen LogP contribution in [0.5, 0.6) is 0 Å². The molecule has 1 aliphatic rings. The SMILES string of the molecule is O=C1c2cc(/C=C/c3ccccc3)ccc2-c2ccc(/C=C/c3ccccc3)cc21. The monoisotopic (exact) mass is 384 g/mol. The summed E-state index contributed by atoms with van der Waals surface area (Å²) < 4.78 is 0. The Balaban J connectivity index is 1.43. The number of rotatable bonds is 4. The van der Waals surface area contributed by atoms with Crippen LogP contribution >= 0.6 is 0 Å². The van der Waals surface area contributed by atoms with E-state index in [9.17, 15) is 4.79 Å². The maximum atomic E-state index is 13.1. The van der Waals surface area contributed by atoms with Crippen molar-refractivity contribution in [3.63, 3.8) is 0 Å². The summed E-state index contributed by atoms with van der Waals surface area (Å²) >= 11 is 0. The van der Waals surface area contributed by atoms with Crippen molar-refractivity contribution in [1.82, 2.24) is 0 Å². The van der Waals surface area contributed by atoms with Crippen LogP contribution in [0.3, 0.4) is 0 Å². The van der Waals surface area contributed by atoms with Gasteiger partial charge in [0.25, 0.3) is 0 Å². The van der Waals surface area contributed by atoms with Gasteiger partial charge in [0.15, 0.2) is 5.78 Å². The fourth-order valence-corrected chi connectivity index (χ4v) is 3.83. The van der Waals surface area contributed by atoms with E-state index in [0.29, 0.717) is 0 Å². The summed E-state index contributed by atoms with van der Waals surface area (Å²) in [5.74, 6) is 0.102. The molecule has 142 valence electrons. The predicted molar refractivity (Wildman–Crippen MR) is 126 cm³/mol. The Labute approximate surface area is 176 Å². The van der Waals surface area contributed by atoms with Crippen LogP contribution in [0, 0.1) is 0 Å². The Morgan fingerprint density at radius 1 is 0.400 bits per heavy atom. The lowest BCUT2D eigenvalue weighted by Gasteiger charge is -2.02. The van der Waals surface area contributed by atoms with Crippen LogP contribution in [0.2, 0.25) is 0 Å². The normalized spacial score (nSPS) is 12.5. The zero-order valence-corrected chi connectivity index (χ0v) is 16.5. The summed E-state index contributed by atoms with van der Waals surface area (Å²) in [6.07, 6.45) is 8.25. The molecular formula is C29H20O. The van der Waals surface area contributed by atoms with Gasteiger partial charge in [-0.05, 0) is 45.5 Å². The first-order valence-electron chi connectivity index (χ1n) is 10.1. The first-order chi connectivity index (χ1) is 14.8. The topological polar surface area (TPSA) is 17.1 Å². The van der Waals surface area contributed by atoms with Gasteiger partial charge < -0.3 is 0 Å². The molecule has 0 amide bonds. The van der Waals surface area contributed by atoms with Gasteiger partial charge in [0, 0.05) is 11.1 Å². The molecule has 1 aliphatic carbocycles. The number of carbonyl (C=O) groups is 1. The lowest BCUT2D eigenvalue weighted by Crippen LogP contribution is -1.95. The molecule has 0 saturated heterocycles. The summed E-state index contributed by atoms with van der Waals surface area (Å²) in [6, 6.07) is 32.6. The largest absolute Gasteiger partial charge is 0.289 e. The number of fused-ring (bicyclic) bond motifs is 3. The lowest BCUT2D eigenvalue weighted by molar-refractivity contribution is 0.104. The van der Waals surface area contributed by atoms with Crippen molar-refractivity contribution in [3.8, 4) is 11.1 Å². The van der Waals surface area contributed by atoms with Crippen LogP contribution in [0.1, 0.15) is 38.2 Å². The van der Waals surface area contributed by atoms with Crippen molar-refractivity contribution in [2.24, 2.45) is 0 Å². The molecule has 0 saturated carbocycles. The summed E-state index contributed by atoms with van der Waals surface area (Å²) in [6.45, 7) is 0. The van der Waals surface area contributed by atoms with Crippen molar-refractivity contribution in [2.75, 3.05) is 0 Å². The van der Waals surface area contributed by atoms with Crippen LogP contribution in [-0.4, -0.2) is 5.78 Å². The minimum atomic E-state index is 0.102. The van der Waals surface area contributed by atoms with Gasteiger partial charge in [-0.2, -0.15) is 0 Å². The molecule has 0 fully saturated rings. The predicted octanol–water partition coefficient (Wildman–Crippen LogP) is 7.24. The molecule has 0 bridgehead atoms. The molecular weight excluding hydrogens is 364 g/mol. The average molecular weight is 384 g/mol. The van der Waals surface area contributed by atoms with Gasteiger partial charge in [0.2, 0.25) is 0 Å². The first-order valence-corrected chi connectivity index (χ1v) is 10.1. The van der Waals surface area contributed by atoms with Crippen LogP contribution in [0.25, 0.3) is 35.4 Å². The van der Waals surface area contributed by atoms with Crippen molar-refractivity contribution >= 4 is 30.1 Å². The van der Waals surface area contributed by atoms with E-state index in [1.54, 1.807) is 0 Å². The van der Waals surface area contributed by atoms with Gasteiger partial charge in [-0.3, -0.25) is 4.79 Å². The minimum Gasteiger partial charge on any atom is -0.289 e. The van der Waals surface area contributed by atoms with Gasteiger partial charge >= 0.3 is 0 Å². The summed E-state index contributed by atoms with van der Waals surface area (Å²) in [5.41, 5.74) is 7.94. The highest BCUT2D eigenvalue weighted by molar-refractivity contribution is 6.22. The zero-order chi connectivity index (χ0) is 20.3. The number of ketones is 1. The molecule has 1 heteroatoms. The molecule has 0 N–H and O–H groups in total. The Morgan fingerprint density at radius 3 is 1.23 bits per heavy atom.